The Labute approximate surface area is 128 Å². The summed E-state index contributed by atoms with van der Waals surface area (Å²) in [5, 5.41) is 9.11. The van der Waals surface area contributed by atoms with E-state index in [1.165, 1.54) is 0 Å². The third-order valence-corrected chi connectivity index (χ3v) is 3.31. The first-order valence-electron chi connectivity index (χ1n) is 7.20. The predicted molar refractivity (Wildman–Crippen MR) is 79.4 cm³/mol. The fourth-order valence-electron chi connectivity index (χ4n) is 2.15. The first kappa shape index (κ1) is 14.9. The number of hydrogen-bond donors (Lipinski definition) is 1. The Morgan fingerprint density at radius 1 is 1.18 bits per heavy atom. The summed E-state index contributed by atoms with van der Waals surface area (Å²) in [5.41, 5.74) is 1.47. The van der Waals surface area contributed by atoms with Crippen LogP contribution < -0.4 is 4.74 Å². The Kier molecular flexibility index (Phi) is 4.95. The molecule has 1 N–H and O–H groups in total. The van der Waals surface area contributed by atoms with E-state index in [9.17, 15) is 0 Å². The highest BCUT2D eigenvalue weighted by molar-refractivity contribution is 5.56. The van der Waals surface area contributed by atoms with Crippen molar-refractivity contribution in [2.24, 2.45) is 0 Å². The molecule has 1 aromatic carbocycles. The molecule has 2 aromatic rings. The van der Waals surface area contributed by atoms with Gasteiger partial charge in [0, 0.05) is 11.8 Å². The zero-order valence-corrected chi connectivity index (χ0v) is 12.1. The third-order valence-electron chi connectivity index (χ3n) is 3.31. The van der Waals surface area contributed by atoms with Gasteiger partial charge in [0.25, 0.3) is 0 Å². The summed E-state index contributed by atoms with van der Waals surface area (Å²) in [6.45, 7) is 2.21. The van der Waals surface area contributed by atoms with Crippen LogP contribution in [-0.4, -0.2) is 47.6 Å². The molecule has 116 valence electrons. The van der Waals surface area contributed by atoms with Crippen LogP contribution in [0.4, 0.5) is 0 Å². The zero-order chi connectivity index (χ0) is 15.2. The number of rotatable bonds is 5. The molecular formula is C16H18N2O4. The van der Waals surface area contributed by atoms with Crippen molar-refractivity contribution in [1.82, 2.24) is 9.97 Å². The summed E-state index contributed by atoms with van der Waals surface area (Å²) in [4.78, 5) is 8.48. The molecule has 6 heteroatoms. The molecule has 1 aliphatic rings. The number of aromatic nitrogens is 2. The summed E-state index contributed by atoms with van der Waals surface area (Å²) in [7, 11) is 0. The minimum absolute atomic E-state index is 0.0157. The van der Waals surface area contributed by atoms with Crippen molar-refractivity contribution in [2.75, 3.05) is 26.4 Å². The second-order valence-electron chi connectivity index (χ2n) is 4.93. The van der Waals surface area contributed by atoms with Crippen molar-refractivity contribution < 1.29 is 19.3 Å². The zero-order valence-electron chi connectivity index (χ0n) is 12.1. The summed E-state index contributed by atoms with van der Waals surface area (Å²) in [6, 6.07) is 9.21. The molecule has 1 atom stereocenters. The van der Waals surface area contributed by atoms with Gasteiger partial charge in [-0.2, -0.15) is 0 Å². The van der Waals surface area contributed by atoms with Crippen molar-refractivity contribution in [2.45, 2.75) is 12.7 Å². The smallest absolute Gasteiger partial charge is 0.159 e. The lowest BCUT2D eigenvalue weighted by Gasteiger charge is -2.22. The van der Waals surface area contributed by atoms with Crippen LogP contribution >= 0.6 is 0 Å². The van der Waals surface area contributed by atoms with E-state index < -0.39 is 0 Å². The summed E-state index contributed by atoms with van der Waals surface area (Å²) < 4.78 is 16.5. The van der Waals surface area contributed by atoms with Crippen LogP contribution in [0, 0.1) is 0 Å². The van der Waals surface area contributed by atoms with E-state index in [-0.39, 0.29) is 12.7 Å². The highest BCUT2D eigenvalue weighted by Gasteiger charge is 2.14. The molecule has 1 saturated heterocycles. The number of ether oxygens (including phenoxy) is 3. The number of aliphatic hydroxyl groups excluding tert-OH is 1. The van der Waals surface area contributed by atoms with E-state index in [2.05, 4.69) is 9.97 Å². The topological polar surface area (TPSA) is 73.7 Å². The van der Waals surface area contributed by atoms with E-state index in [0.717, 1.165) is 11.3 Å². The van der Waals surface area contributed by atoms with Crippen LogP contribution in [0.2, 0.25) is 0 Å². The first-order chi connectivity index (χ1) is 10.8. The molecular weight excluding hydrogens is 284 g/mol. The fourth-order valence-corrected chi connectivity index (χ4v) is 2.15. The Morgan fingerprint density at radius 2 is 2.05 bits per heavy atom. The molecule has 0 amide bonds. The van der Waals surface area contributed by atoms with Gasteiger partial charge in [0.2, 0.25) is 0 Å². The predicted octanol–water partition coefficient (Wildman–Crippen LogP) is 1.43. The lowest BCUT2D eigenvalue weighted by Crippen LogP contribution is -2.33. The van der Waals surface area contributed by atoms with Crippen molar-refractivity contribution in [3.05, 3.63) is 42.2 Å². The van der Waals surface area contributed by atoms with Crippen LogP contribution in [0.15, 0.2) is 36.5 Å². The minimum atomic E-state index is -0.0970. The molecule has 3 rings (SSSR count). The monoisotopic (exact) mass is 302 g/mol. The van der Waals surface area contributed by atoms with Gasteiger partial charge >= 0.3 is 0 Å². The Morgan fingerprint density at radius 3 is 2.77 bits per heavy atom. The summed E-state index contributed by atoms with van der Waals surface area (Å²) in [5.74, 6) is 1.35. The molecule has 0 saturated carbocycles. The third kappa shape index (κ3) is 3.79. The van der Waals surface area contributed by atoms with E-state index in [0.29, 0.717) is 37.9 Å². The average molecular weight is 302 g/mol. The molecule has 0 aliphatic carbocycles. The van der Waals surface area contributed by atoms with Crippen molar-refractivity contribution in [1.29, 1.82) is 0 Å². The van der Waals surface area contributed by atoms with Crippen molar-refractivity contribution in [3.8, 4) is 17.1 Å². The van der Waals surface area contributed by atoms with Crippen LogP contribution in [0.25, 0.3) is 11.4 Å². The van der Waals surface area contributed by atoms with Gasteiger partial charge in [0.15, 0.2) is 5.82 Å². The van der Waals surface area contributed by atoms with Gasteiger partial charge in [-0.3, -0.25) is 0 Å². The minimum Gasteiger partial charge on any atom is -0.491 e. The molecule has 22 heavy (non-hydrogen) atoms. The van der Waals surface area contributed by atoms with Crippen LogP contribution in [0.1, 0.15) is 5.69 Å². The second kappa shape index (κ2) is 7.31. The van der Waals surface area contributed by atoms with Gasteiger partial charge in [-0.25, -0.2) is 9.97 Å². The van der Waals surface area contributed by atoms with Crippen LogP contribution in [-0.2, 0) is 16.1 Å². The number of benzene rings is 1. The van der Waals surface area contributed by atoms with Gasteiger partial charge in [-0.1, -0.05) is 0 Å². The standard InChI is InChI=1S/C16H18N2O4/c19-9-13-5-6-17-16(18-13)12-1-3-14(4-2-12)22-11-15-10-20-7-8-21-15/h1-6,15,19H,7-11H2/t15-/m1/s1. The highest BCUT2D eigenvalue weighted by Crippen LogP contribution is 2.20. The maximum atomic E-state index is 9.11. The lowest BCUT2D eigenvalue weighted by molar-refractivity contribution is -0.101. The van der Waals surface area contributed by atoms with E-state index >= 15 is 0 Å². The number of hydrogen-bond acceptors (Lipinski definition) is 6. The average Bonchev–Trinajstić information content (AvgIpc) is 2.61. The Bertz CT molecular complexity index is 597. The van der Waals surface area contributed by atoms with Crippen molar-refractivity contribution in [3.63, 3.8) is 0 Å². The largest absolute Gasteiger partial charge is 0.491 e. The fraction of sp³-hybridized carbons (Fsp3) is 0.375. The Hall–Kier alpha value is -2.02. The molecule has 2 heterocycles. The molecule has 6 nitrogen and oxygen atoms in total. The molecule has 0 spiro atoms. The molecule has 0 radical (unpaired) electrons. The quantitative estimate of drug-likeness (QED) is 0.900. The number of aliphatic hydroxyl groups is 1. The molecule has 0 bridgehead atoms. The molecule has 0 unspecified atom stereocenters. The van der Waals surface area contributed by atoms with Crippen LogP contribution in [0.3, 0.4) is 0 Å². The first-order valence-corrected chi connectivity index (χ1v) is 7.20. The van der Waals surface area contributed by atoms with Gasteiger partial charge < -0.3 is 19.3 Å². The number of nitrogens with zero attached hydrogens (tertiary/aromatic N) is 2. The molecule has 1 aliphatic heterocycles. The summed E-state index contributed by atoms with van der Waals surface area (Å²) in [6.07, 6.45) is 1.62. The normalized spacial score (nSPS) is 18.1. The van der Waals surface area contributed by atoms with Gasteiger partial charge in [0.05, 0.1) is 32.1 Å². The highest BCUT2D eigenvalue weighted by atomic mass is 16.6. The summed E-state index contributed by atoms with van der Waals surface area (Å²) >= 11 is 0. The second-order valence-corrected chi connectivity index (χ2v) is 4.93. The van der Waals surface area contributed by atoms with Gasteiger partial charge in [-0.05, 0) is 30.3 Å². The maximum Gasteiger partial charge on any atom is 0.159 e. The maximum absolute atomic E-state index is 9.11. The van der Waals surface area contributed by atoms with Crippen molar-refractivity contribution >= 4 is 0 Å². The Balaban J connectivity index is 1.61. The molecule has 1 aromatic heterocycles. The lowest BCUT2D eigenvalue weighted by atomic mass is 10.2. The van der Waals surface area contributed by atoms with E-state index in [1.54, 1.807) is 12.3 Å². The van der Waals surface area contributed by atoms with Gasteiger partial charge in [0.1, 0.15) is 18.5 Å². The van der Waals surface area contributed by atoms with Gasteiger partial charge in [-0.15, -0.1) is 0 Å². The molecule has 1 fully saturated rings. The van der Waals surface area contributed by atoms with E-state index in [1.807, 2.05) is 24.3 Å². The van der Waals surface area contributed by atoms with E-state index in [4.69, 9.17) is 19.3 Å². The SMILES string of the molecule is OCc1ccnc(-c2ccc(OC[C@H]3COCCO3)cc2)n1. The van der Waals surface area contributed by atoms with Crippen LogP contribution in [0.5, 0.6) is 5.75 Å².